The van der Waals surface area contributed by atoms with Crippen molar-refractivity contribution in [2.24, 2.45) is 16.6 Å². The fourth-order valence-corrected chi connectivity index (χ4v) is 3.38. The van der Waals surface area contributed by atoms with Gasteiger partial charge in [-0.05, 0) is 20.3 Å². The molecule has 2 heterocycles. The van der Waals surface area contributed by atoms with E-state index in [-0.39, 0.29) is 0 Å². The number of guanidine groups is 1. The lowest BCUT2D eigenvalue weighted by atomic mass is 10.0. The first-order valence-electron chi connectivity index (χ1n) is 6.45. The first kappa shape index (κ1) is 13.0. The summed E-state index contributed by atoms with van der Waals surface area (Å²) in [5.74, 6) is 3.58. The highest BCUT2D eigenvalue weighted by molar-refractivity contribution is 7.99. The van der Waals surface area contributed by atoms with Crippen molar-refractivity contribution in [1.29, 1.82) is 0 Å². The molecule has 0 aromatic heterocycles. The molecule has 0 amide bonds. The first-order valence-corrected chi connectivity index (χ1v) is 7.60. The van der Waals surface area contributed by atoms with Gasteiger partial charge < -0.3 is 15.4 Å². The zero-order valence-electron chi connectivity index (χ0n) is 10.8. The minimum absolute atomic E-state index is 0.318. The van der Waals surface area contributed by atoms with E-state index in [0.29, 0.717) is 18.1 Å². The van der Waals surface area contributed by atoms with Gasteiger partial charge in [-0.2, -0.15) is 11.8 Å². The Balaban J connectivity index is 1.82. The number of thioether (sulfide) groups is 1. The highest BCUT2D eigenvalue weighted by Crippen LogP contribution is 2.26. The maximum absolute atomic E-state index is 6.03. The van der Waals surface area contributed by atoms with Gasteiger partial charge in [-0.3, -0.25) is 4.99 Å². The van der Waals surface area contributed by atoms with Crippen molar-refractivity contribution >= 4 is 17.7 Å². The van der Waals surface area contributed by atoms with Crippen molar-refractivity contribution in [3.63, 3.8) is 0 Å². The lowest BCUT2D eigenvalue weighted by Gasteiger charge is -2.27. The third kappa shape index (κ3) is 3.52. The van der Waals surface area contributed by atoms with E-state index in [1.807, 2.05) is 11.8 Å². The van der Waals surface area contributed by atoms with Crippen LogP contribution in [0.1, 0.15) is 20.3 Å². The molecule has 0 spiro atoms. The van der Waals surface area contributed by atoms with Crippen LogP contribution in [0.3, 0.4) is 0 Å². The Morgan fingerprint density at radius 1 is 1.41 bits per heavy atom. The largest absolute Gasteiger partial charge is 0.375 e. The molecule has 3 unspecified atom stereocenters. The Morgan fingerprint density at radius 2 is 2.12 bits per heavy atom. The number of nitrogens with zero attached hydrogens (tertiary/aromatic N) is 2. The van der Waals surface area contributed by atoms with Gasteiger partial charge in [0.15, 0.2) is 5.96 Å². The van der Waals surface area contributed by atoms with Gasteiger partial charge in [-0.1, -0.05) is 0 Å². The van der Waals surface area contributed by atoms with Crippen LogP contribution in [-0.4, -0.2) is 54.2 Å². The summed E-state index contributed by atoms with van der Waals surface area (Å²) in [6, 6.07) is 0. The van der Waals surface area contributed by atoms with Crippen molar-refractivity contribution in [3.8, 4) is 0 Å². The summed E-state index contributed by atoms with van der Waals surface area (Å²) in [5, 5.41) is 0. The number of aliphatic imine (C=N–C) groups is 1. The van der Waals surface area contributed by atoms with Crippen LogP contribution in [0.25, 0.3) is 0 Å². The van der Waals surface area contributed by atoms with Gasteiger partial charge >= 0.3 is 0 Å². The third-order valence-corrected chi connectivity index (χ3v) is 4.51. The molecule has 2 aliphatic heterocycles. The molecule has 2 saturated heterocycles. The molecule has 0 bridgehead atoms. The SMILES string of the molecule is CC1CC(CN=C(N)N2CCSCC2)C(C)O1. The number of ether oxygens (including phenoxy) is 1. The molecule has 17 heavy (non-hydrogen) atoms. The molecule has 2 N–H and O–H groups in total. The highest BCUT2D eigenvalue weighted by Gasteiger charge is 2.29. The lowest BCUT2D eigenvalue weighted by Crippen LogP contribution is -2.43. The van der Waals surface area contributed by atoms with Crippen LogP contribution < -0.4 is 5.73 Å². The van der Waals surface area contributed by atoms with E-state index in [9.17, 15) is 0 Å². The average molecular weight is 257 g/mol. The van der Waals surface area contributed by atoms with Crippen molar-refractivity contribution < 1.29 is 4.74 Å². The fourth-order valence-electron chi connectivity index (χ4n) is 2.48. The van der Waals surface area contributed by atoms with Gasteiger partial charge in [-0.15, -0.1) is 0 Å². The quantitative estimate of drug-likeness (QED) is 0.596. The van der Waals surface area contributed by atoms with Crippen LogP contribution in [-0.2, 0) is 4.74 Å². The van der Waals surface area contributed by atoms with Crippen LogP contribution in [0, 0.1) is 5.92 Å². The van der Waals surface area contributed by atoms with E-state index in [1.54, 1.807) is 0 Å². The zero-order valence-corrected chi connectivity index (χ0v) is 11.6. The zero-order chi connectivity index (χ0) is 12.3. The number of hydrogen-bond donors (Lipinski definition) is 1. The van der Waals surface area contributed by atoms with E-state index in [4.69, 9.17) is 10.5 Å². The van der Waals surface area contributed by atoms with Gasteiger partial charge in [0.2, 0.25) is 0 Å². The third-order valence-electron chi connectivity index (χ3n) is 3.57. The predicted molar refractivity (Wildman–Crippen MR) is 73.5 cm³/mol. The number of rotatable bonds is 2. The average Bonchev–Trinajstić information content (AvgIpc) is 2.66. The Kier molecular flexibility index (Phi) is 4.56. The monoisotopic (exact) mass is 257 g/mol. The summed E-state index contributed by atoms with van der Waals surface area (Å²) in [4.78, 5) is 6.74. The van der Waals surface area contributed by atoms with Gasteiger partial charge in [-0.25, -0.2) is 0 Å². The second-order valence-electron chi connectivity index (χ2n) is 4.95. The molecule has 3 atom stereocenters. The smallest absolute Gasteiger partial charge is 0.191 e. The topological polar surface area (TPSA) is 50.8 Å². The molecular formula is C12H23N3OS. The molecule has 2 aliphatic rings. The molecule has 0 aromatic carbocycles. The van der Waals surface area contributed by atoms with Crippen LogP contribution in [0.4, 0.5) is 0 Å². The summed E-state index contributed by atoms with van der Waals surface area (Å²) in [6.45, 7) is 7.14. The molecule has 98 valence electrons. The minimum Gasteiger partial charge on any atom is -0.375 e. The van der Waals surface area contributed by atoms with Crippen molar-refractivity contribution in [2.45, 2.75) is 32.5 Å². The van der Waals surface area contributed by atoms with Gasteiger partial charge in [0.05, 0.1) is 12.2 Å². The maximum atomic E-state index is 6.03. The second kappa shape index (κ2) is 5.96. The highest BCUT2D eigenvalue weighted by atomic mass is 32.2. The van der Waals surface area contributed by atoms with E-state index >= 15 is 0 Å². The van der Waals surface area contributed by atoms with Crippen LogP contribution in [0.2, 0.25) is 0 Å². The summed E-state index contributed by atoms with van der Waals surface area (Å²) >= 11 is 1.99. The van der Waals surface area contributed by atoms with Crippen LogP contribution >= 0.6 is 11.8 Å². The molecular weight excluding hydrogens is 234 g/mol. The predicted octanol–water partition coefficient (Wildman–Crippen LogP) is 1.16. The van der Waals surface area contributed by atoms with Crippen molar-refractivity contribution in [1.82, 2.24) is 4.90 Å². The molecule has 0 aromatic rings. The first-order chi connectivity index (χ1) is 8.16. The molecule has 2 fully saturated rings. The molecule has 2 rings (SSSR count). The lowest BCUT2D eigenvalue weighted by molar-refractivity contribution is 0.0570. The maximum Gasteiger partial charge on any atom is 0.191 e. The Bertz CT molecular complexity index is 279. The van der Waals surface area contributed by atoms with Crippen molar-refractivity contribution in [3.05, 3.63) is 0 Å². The minimum atomic E-state index is 0.318. The van der Waals surface area contributed by atoms with Crippen LogP contribution in [0.5, 0.6) is 0 Å². The van der Waals surface area contributed by atoms with Gasteiger partial charge in [0, 0.05) is 37.1 Å². The molecule has 0 aliphatic carbocycles. The standard InChI is InChI=1S/C12H23N3OS/c1-9-7-11(10(2)16-9)8-14-12(13)15-3-5-17-6-4-15/h9-11H,3-8H2,1-2H3,(H2,13,14). The Morgan fingerprint density at radius 3 is 2.71 bits per heavy atom. The summed E-state index contributed by atoms with van der Waals surface area (Å²) in [5.41, 5.74) is 6.03. The summed E-state index contributed by atoms with van der Waals surface area (Å²) < 4.78 is 5.72. The Labute approximate surface area is 108 Å². The van der Waals surface area contributed by atoms with Crippen molar-refractivity contribution in [2.75, 3.05) is 31.1 Å². The van der Waals surface area contributed by atoms with E-state index in [2.05, 4.69) is 23.7 Å². The van der Waals surface area contributed by atoms with Gasteiger partial charge in [0.1, 0.15) is 0 Å². The van der Waals surface area contributed by atoms with E-state index in [0.717, 1.165) is 43.5 Å². The summed E-state index contributed by atoms with van der Waals surface area (Å²) in [7, 11) is 0. The van der Waals surface area contributed by atoms with E-state index < -0.39 is 0 Å². The van der Waals surface area contributed by atoms with Crippen LogP contribution in [0.15, 0.2) is 4.99 Å². The molecule has 0 saturated carbocycles. The molecule has 5 heteroatoms. The van der Waals surface area contributed by atoms with E-state index in [1.165, 1.54) is 0 Å². The fraction of sp³-hybridized carbons (Fsp3) is 0.917. The van der Waals surface area contributed by atoms with Gasteiger partial charge in [0.25, 0.3) is 0 Å². The Hall–Kier alpha value is -0.420. The second-order valence-corrected chi connectivity index (χ2v) is 6.17. The summed E-state index contributed by atoms with van der Waals surface area (Å²) in [6.07, 6.45) is 1.80. The number of hydrogen-bond acceptors (Lipinski definition) is 3. The molecule has 0 radical (unpaired) electrons. The molecule has 4 nitrogen and oxygen atoms in total. The number of nitrogens with two attached hydrogens (primary N) is 1. The normalized spacial score (nSPS) is 35.3.